The molecular formula is C5H9NO2. The second-order valence-corrected chi connectivity index (χ2v) is 1.32. The van der Waals surface area contributed by atoms with Crippen molar-refractivity contribution >= 4 is 5.91 Å². The number of hydrogen-bond donors (Lipinski definition) is 2. The van der Waals surface area contributed by atoms with Gasteiger partial charge in [-0.05, 0) is 12.5 Å². The van der Waals surface area contributed by atoms with Crippen LogP contribution in [0.15, 0.2) is 12.2 Å². The molecule has 0 unspecified atom stereocenters. The third kappa shape index (κ3) is 5.17. The fourth-order valence-corrected chi connectivity index (χ4v) is 0.274. The minimum absolute atomic E-state index is 0.0593. The van der Waals surface area contributed by atoms with Crippen LogP contribution in [0.4, 0.5) is 0 Å². The van der Waals surface area contributed by atoms with E-state index in [1.807, 2.05) is 0 Å². The maximum Gasteiger partial charge on any atom is 0.241 e. The first-order valence-corrected chi connectivity index (χ1v) is 2.34. The summed E-state index contributed by atoms with van der Waals surface area (Å²) in [6, 6.07) is 0. The van der Waals surface area contributed by atoms with Crippen molar-refractivity contribution in [2.24, 2.45) is 5.73 Å². The number of nitrogens with two attached hydrogens (primary N) is 1. The molecule has 3 heteroatoms. The zero-order chi connectivity index (χ0) is 6.41. The van der Waals surface area contributed by atoms with E-state index in [1.54, 1.807) is 0 Å². The van der Waals surface area contributed by atoms with Gasteiger partial charge in [0.05, 0.1) is 0 Å². The van der Waals surface area contributed by atoms with Crippen LogP contribution < -0.4 is 5.73 Å². The van der Waals surface area contributed by atoms with Crippen LogP contribution in [0.2, 0.25) is 0 Å². The maximum absolute atomic E-state index is 9.93. The van der Waals surface area contributed by atoms with E-state index in [0.29, 0.717) is 6.42 Å². The lowest BCUT2D eigenvalue weighted by molar-refractivity contribution is -0.113. The lowest BCUT2D eigenvalue weighted by Gasteiger charge is -1.80. The fourth-order valence-electron chi connectivity index (χ4n) is 0.274. The van der Waals surface area contributed by atoms with E-state index in [0.717, 1.165) is 0 Å². The summed E-state index contributed by atoms with van der Waals surface area (Å²) in [6.07, 6.45) is 3.25. The van der Waals surface area contributed by atoms with E-state index in [-0.39, 0.29) is 6.61 Å². The molecule has 0 aromatic carbocycles. The molecule has 0 aliphatic heterocycles. The summed E-state index contributed by atoms with van der Waals surface area (Å²) in [6.45, 7) is 0.0593. The molecule has 0 rings (SSSR count). The Morgan fingerprint density at radius 3 is 2.75 bits per heavy atom. The minimum atomic E-state index is -0.474. The van der Waals surface area contributed by atoms with Crippen molar-refractivity contribution < 1.29 is 9.90 Å². The number of carbonyl (C=O) groups excluding carboxylic acids is 1. The molecule has 0 fully saturated rings. The summed E-state index contributed by atoms with van der Waals surface area (Å²) in [5, 5.41) is 8.18. The average Bonchev–Trinajstić information content (AvgIpc) is 1.66. The SMILES string of the molecule is NC(=O)C=CCCO. The van der Waals surface area contributed by atoms with E-state index in [2.05, 4.69) is 0 Å². The molecule has 0 atom stereocenters. The Kier molecular flexibility index (Phi) is 3.88. The molecule has 0 radical (unpaired) electrons. The van der Waals surface area contributed by atoms with Gasteiger partial charge in [-0.15, -0.1) is 0 Å². The number of rotatable bonds is 3. The normalized spacial score (nSPS) is 10.1. The first-order chi connectivity index (χ1) is 3.77. The predicted molar refractivity (Wildman–Crippen MR) is 30.0 cm³/mol. The molecule has 0 heterocycles. The van der Waals surface area contributed by atoms with Crippen molar-refractivity contribution in [1.82, 2.24) is 0 Å². The molecule has 0 saturated heterocycles. The maximum atomic E-state index is 9.93. The largest absolute Gasteiger partial charge is 0.396 e. The lowest BCUT2D eigenvalue weighted by atomic mass is 10.4. The van der Waals surface area contributed by atoms with Crippen LogP contribution in [0, 0.1) is 0 Å². The van der Waals surface area contributed by atoms with Gasteiger partial charge < -0.3 is 10.8 Å². The highest BCUT2D eigenvalue weighted by Crippen LogP contribution is 1.77. The fraction of sp³-hybridized carbons (Fsp3) is 0.400. The molecule has 46 valence electrons. The van der Waals surface area contributed by atoms with Gasteiger partial charge in [0.15, 0.2) is 0 Å². The third-order valence-electron chi connectivity index (χ3n) is 0.578. The van der Waals surface area contributed by atoms with Crippen LogP contribution >= 0.6 is 0 Å². The van der Waals surface area contributed by atoms with Crippen LogP contribution in [-0.2, 0) is 4.79 Å². The zero-order valence-corrected chi connectivity index (χ0v) is 4.50. The lowest BCUT2D eigenvalue weighted by Crippen LogP contribution is -2.05. The molecule has 0 aliphatic rings. The molecule has 1 amide bonds. The molecule has 3 N–H and O–H groups in total. The van der Waals surface area contributed by atoms with E-state index < -0.39 is 5.91 Å². The van der Waals surface area contributed by atoms with Gasteiger partial charge >= 0.3 is 0 Å². The number of aliphatic hydroxyl groups is 1. The molecule has 0 aliphatic carbocycles. The van der Waals surface area contributed by atoms with Gasteiger partial charge in [0, 0.05) is 6.61 Å². The third-order valence-corrected chi connectivity index (χ3v) is 0.578. The van der Waals surface area contributed by atoms with E-state index in [1.165, 1.54) is 12.2 Å². The van der Waals surface area contributed by atoms with Crippen molar-refractivity contribution in [2.75, 3.05) is 6.61 Å². The summed E-state index contributed by atoms with van der Waals surface area (Å²) >= 11 is 0. The smallest absolute Gasteiger partial charge is 0.241 e. The molecule has 3 nitrogen and oxygen atoms in total. The van der Waals surface area contributed by atoms with Gasteiger partial charge in [-0.1, -0.05) is 6.08 Å². The standard InChI is InChI=1S/C5H9NO2/c6-5(8)3-1-2-4-7/h1,3,7H,2,4H2,(H2,6,8). The number of primary amides is 1. The van der Waals surface area contributed by atoms with Gasteiger partial charge in [-0.2, -0.15) is 0 Å². The minimum Gasteiger partial charge on any atom is -0.396 e. The number of carbonyl (C=O) groups is 1. The Balaban J connectivity index is 3.20. The molecule has 0 bridgehead atoms. The highest BCUT2D eigenvalue weighted by Gasteiger charge is 1.78. The van der Waals surface area contributed by atoms with Crippen molar-refractivity contribution in [3.63, 3.8) is 0 Å². The van der Waals surface area contributed by atoms with Crippen LogP contribution in [-0.4, -0.2) is 17.6 Å². The van der Waals surface area contributed by atoms with Crippen molar-refractivity contribution in [2.45, 2.75) is 6.42 Å². The number of aliphatic hydroxyl groups excluding tert-OH is 1. The van der Waals surface area contributed by atoms with Gasteiger partial charge in [-0.25, -0.2) is 0 Å². The number of amides is 1. The summed E-state index contributed by atoms with van der Waals surface area (Å²) < 4.78 is 0. The first kappa shape index (κ1) is 7.17. The van der Waals surface area contributed by atoms with Crippen LogP contribution in [0.25, 0.3) is 0 Å². The Morgan fingerprint density at radius 2 is 2.38 bits per heavy atom. The van der Waals surface area contributed by atoms with Gasteiger partial charge in [0.2, 0.25) is 5.91 Å². The summed E-state index contributed by atoms with van der Waals surface area (Å²) in [5.74, 6) is -0.474. The summed E-state index contributed by atoms with van der Waals surface area (Å²) in [7, 11) is 0. The van der Waals surface area contributed by atoms with E-state index in [9.17, 15) is 4.79 Å². The zero-order valence-electron chi connectivity index (χ0n) is 4.50. The quantitative estimate of drug-likeness (QED) is 0.483. The second-order valence-electron chi connectivity index (χ2n) is 1.32. The summed E-state index contributed by atoms with van der Waals surface area (Å²) in [4.78, 5) is 9.93. The highest BCUT2D eigenvalue weighted by molar-refractivity contribution is 5.85. The molecule has 8 heavy (non-hydrogen) atoms. The van der Waals surface area contributed by atoms with Crippen molar-refractivity contribution in [3.05, 3.63) is 12.2 Å². The van der Waals surface area contributed by atoms with Gasteiger partial charge in [0.1, 0.15) is 0 Å². The van der Waals surface area contributed by atoms with Crippen molar-refractivity contribution in [3.8, 4) is 0 Å². The molecule has 0 aromatic rings. The predicted octanol–water partition coefficient (Wildman–Crippen LogP) is -0.590. The van der Waals surface area contributed by atoms with Crippen LogP contribution in [0.1, 0.15) is 6.42 Å². The van der Waals surface area contributed by atoms with Crippen LogP contribution in [0.3, 0.4) is 0 Å². The second kappa shape index (κ2) is 4.33. The van der Waals surface area contributed by atoms with E-state index >= 15 is 0 Å². The number of hydrogen-bond acceptors (Lipinski definition) is 2. The van der Waals surface area contributed by atoms with E-state index in [4.69, 9.17) is 10.8 Å². The van der Waals surface area contributed by atoms with Gasteiger partial charge in [0.25, 0.3) is 0 Å². The Morgan fingerprint density at radius 1 is 1.75 bits per heavy atom. The summed E-state index contributed by atoms with van der Waals surface area (Å²) in [5.41, 5.74) is 4.73. The average molecular weight is 115 g/mol. The van der Waals surface area contributed by atoms with Crippen LogP contribution in [0.5, 0.6) is 0 Å². The van der Waals surface area contributed by atoms with Crippen molar-refractivity contribution in [1.29, 1.82) is 0 Å². The Bertz CT molecular complexity index is 98.6. The molecular weight excluding hydrogens is 106 g/mol. The molecule has 0 saturated carbocycles. The monoisotopic (exact) mass is 115 g/mol. The molecule has 0 aromatic heterocycles. The first-order valence-electron chi connectivity index (χ1n) is 2.34. The Hall–Kier alpha value is -0.830. The topological polar surface area (TPSA) is 63.3 Å². The molecule has 0 spiro atoms. The highest BCUT2D eigenvalue weighted by atomic mass is 16.2. The Labute approximate surface area is 47.8 Å². The van der Waals surface area contributed by atoms with Gasteiger partial charge in [-0.3, -0.25) is 4.79 Å².